The van der Waals surface area contributed by atoms with E-state index in [1.54, 1.807) is 14.2 Å². The number of methoxy groups -OCH3 is 2. The van der Waals surface area contributed by atoms with Crippen molar-refractivity contribution in [2.75, 3.05) is 33.9 Å². The number of ether oxygens (including phenoxy) is 3. The normalized spacial score (nSPS) is 22.7. The maximum absolute atomic E-state index is 12.8. The van der Waals surface area contributed by atoms with Crippen molar-refractivity contribution in [2.45, 2.75) is 51.6 Å². The predicted octanol–water partition coefficient (Wildman–Crippen LogP) is 4.40. The molecule has 2 heterocycles. The first-order valence-electron chi connectivity index (χ1n) is 12.8. The summed E-state index contributed by atoms with van der Waals surface area (Å²) in [6.45, 7) is 7.03. The van der Waals surface area contributed by atoms with Crippen LogP contribution in [0.15, 0.2) is 42.5 Å². The van der Waals surface area contributed by atoms with Crippen LogP contribution in [0.5, 0.6) is 11.5 Å². The van der Waals surface area contributed by atoms with Crippen molar-refractivity contribution in [3.63, 3.8) is 0 Å². The van der Waals surface area contributed by atoms with Crippen LogP contribution >= 0.6 is 0 Å². The lowest BCUT2D eigenvalue weighted by molar-refractivity contribution is -0.148. The fourth-order valence-corrected chi connectivity index (χ4v) is 5.83. The molecule has 2 aliphatic rings. The third-order valence-corrected chi connectivity index (χ3v) is 7.59. The molecule has 0 aliphatic carbocycles. The summed E-state index contributed by atoms with van der Waals surface area (Å²) < 4.78 is 17.0. The van der Waals surface area contributed by atoms with Crippen molar-refractivity contribution in [1.29, 1.82) is 0 Å². The first-order valence-corrected chi connectivity index (χ1v) is 12.8. The highest BCUT2D eigenvalue weighted by atomic mass is 16.5. The molecule has 2 aliphatic heterocycles. The Bertz CT molecular complexity index is 994. The summed E-state index contributed by atoms with van der Waals surface area (Å²) in [6, 6.07) is 13.8. The Morgan fingerprint density at radius 2 is 1.80 bits per heavy atom. The second-order valence-electron chi connectivity index (χ2n) is 10.5. The van der Waals surface area contributed by atoms with E-state index in [1.807, 2.05) is 30.3 Å². The predicted molar refractivity (Wildman–Crippen MR) is 138 cm³/mol. The van der Waals surface area contributed by atoms with Crippen LogP contribution in [0.25, 0.3) is 0 Å². The summed E-state index contributed by atoms with van der Waals surface area (Å²) in [6.07, 6.45) is 3.58. The van der Waals surface area contributed by atoms with Crippen LogP contribution in [-0.2, 0) is 22.4 Å². The topological polar surface area (TPSA) is 74.0 Å². The van der Waals surface area contributed by atoms with Gasteiger partial charge in [0.15, 0.2) is 11.5 Å². The number of fused-ring (bicyclic) bond motifs is 3. The highest BCUT2D eigenvalue weighted by molar-refractivity contribution is 5.75. The Hall–Kier alpha value is -2.57. The van der Waals surface area contributed by atoms with E-state index in [2.05, 4.69) is 30.9 Å². The average Bonchev–Trinajstić information content (AvgIpc) is 2.86. The lowest BCUT2D eigenvalue weighted by Crippen LogP contribution is -2.47. The average molecular weight is 481 g/mol. The first kappa shape index (κ1) is 25.5. The third-order valence-electron chi connectivity index (χ3n) is 7.59. The molecule has 190 valence electrons. The number of carbonyl (C=O) groups is 1. The molecule has 2 aromatic carbocycles. The minimum absolute atomic E-state index is 0.295. The lowest BCUT2D eigenvalue weighted by Gasteiger charge is -2.47. The van der Waals surface area contributed by atoms with Crippen LogP contribution < -0.4 is 15.2 Å². The Morgan fingerprint density at radius 3 is 2.49 bits per heavy atom. The molecule has 6 nitrogen and oxygen atoms in total. The number of hydrogen-bond acceptors (Lipinski definition) is 6. The lowest BCUT2D eigenvalue weighted by atomic mass is 9.74. The minimum Gasteiger partial charge on any atom is -0.493 e. The van der Waals surface area contributed by atoms with E-state index in [4.69, 9.17) is 19.9 Å². The van der Waals surface area contributed by atoms with Gasteiger partial charge in [0.05, 0.1) is 20.8 Å². The van der Waals surface area contributed by atoms with E-state index < -0.39 is 6.04 Å². The molecule has 0 radical (unpaired) electrons. The molecular weight excluding hydrogens is 440 g/mol. The summed E-state index contributed by atoms with van der Waals surface area (Å²) >= 11 is 0. The number of nitrogens with two attached hydrogens (primary N) is 1. The van der Waals surface area contributed by atoms with Gasteiger partial charge < -0.3 is 19.9 Å². The Balaban J connectivity index is 1.48. The van der Waals surface area contributed by atoms with Gasteiger partial charge in [-0.25, -0.2) is 0 Å². The van der Waals surface area contributed by atoms with E-state index in [9.17, 15) is 4.79 Å². The summed E-state index contributed by atoms with van der Waals surface area (Å²) in [5.41, 5.74) is 9.89. The van der Waals surface area contributed by atoms with Gasteiger partial charge in [0.1, 0.15) is 6.04 Å². The molecule has 0 amide bonds. The van der Waals surface area contributed by atoms with E-state index in [0.29, 0.717) is 36.8 Å². The van der Waals surface area contributed by atoms with Gasteiger partial charge in [-0.15, -0.1) is 0 Å². The zero-order chi connectivity index (χ0) is 24.9. The summed E-state index contributed by atoms with van der Waals surface area (Å²) in [5, 5.41) is 0. The standard InChI is InChI=1S/C29H40N2O4/c1-19(2)12-22-17-31-11-10-21-15-27(33-3)28(34-4)16-24(21)26(31)14-23(22)18-35-29(32)25(30)13-20-8-6-5-7-9-20/h5-9,15-16,19,22-23,25-26H,10-14,17-18,30H2,1-4H3/t22-,23+,25+,26-/m1/s1. The van der Waals surface area contributed by atoms with Crippen molar-refractivity contribution in [2.24, 2.45) is 23.5 Å². The molecule has 0 unspecified atom stereocenters. The number of hydrogen-bond donors (Lipinski definition) is 1. The van der Waals surface area contributed by atoms with Gasteiger partial charge in [-0.05, 0) is 72.3 Å². The molecule has 35 heavy (non-hydrogen) atoms. The highest BCUT2D eigenvalue weighted by Gasteiger charge is 2.40. The van der Waals surface area contributed by atoms with Crippen LogP contribution in [0.1, 0.15) is 49.4 Å². The molecule has 0 saturated carbocycles. The second kappa shape index (κ2) is 11.4. The Kier molecular flexibility index (Phi) is 8.34. The third kappa shape index (κ3) is 5.99. The molecule has 1 saturated heterocycles. The number of carbonyl (C=O) groups excluding carboxylic acids is 1. The second-order valence-corrected chi connectivity index (χ2v) is 10.5. The number of rotatable bonds is 9. The van der Waals surface area contributed by atoms with Crippen LogP contribution in [-0.4, -0.2) is 50.8 Å². The summed E-state index contributed by atoms with van der Waals surface area (Å²) in [7, 11) is 3.37. The van der Waals surface area contributed by atoms with Gasteiger partial charge in [-0.3, -0.25) is 9.69 Å². The molecule has 1 fully saturated rings. The molecule has 0 bridgehead atoms. The van der Waals surface area contributed by atoms with Crippen molar-refractivity contribution in [1.82, 2.24) is 4.90 Å². The van der Waals surface area contributed by atoms with Gasteiger partial charge in [0.25, 0.3) is 0 Å². The molecule has 2 aromatic rings. The highest BCUT2D eigenvalue weighted by Crippen LogP contribution is 2.45. The van der Waals surface area contributed by atoms with E-state index >= 15 is 0 Å². The van der Waals surface area contributed by atoms with Gasteiger partial charge in [0, 0.05) is 19.1 Å². The summed E-state index contributed by atoms with van der Waals surface area (Å²) in [5.74, 6) is 2.63. The van der Waals surface area contributed by atoms with Gasteiger partial charge in [-0.1, -0.05) is 44.2 Å². The van der Waals surface area contributed by atoms with E-state index in [0.717, 1.165) is 49.4 Å². The molecule has 0 spiro atoms. The van der Waals surface area contributed by atoms with Crippen LogP contribution in [0.3, 0.4) is 0 Å². The molecule has 2 N–H and O–H groups in total. The quantitative estimate of drug-likeness (QED) is 0.537. The fourth-order valence-electron chi connectivity index (χ4n) is 5.83. The number of nitrogens with zero attached hydrogens (tertiary/aromatic N) is 1. The van der Waals surface area contributed by atoms with E-state index in [1.165, 1.54) is 11.1 Å². The largest absolute Gasteiger partial charge is 0.493 e. The fraction of sp³-hybridized carbons (Fsp3) is 0.552. The van der Waals surface area contributed by atoms with Gasteiger partial charge in [0.2, 0.25) is 0 Å². The molecule has 4 atom stereocenters. The number of esters is 1. The first-order chi connectivity index (χ1) is 16.9. The zero-order valence-electron chi connectivity index (χ0n) is 21.5. The Labute approximate surface area is 209 Å². The molecular formula is C29H40N2O4. The Morgan fingerprint density at radius 1 is 1.09 bits per heavy atom. The molecule has 6 heteroatoms. The molecule has 0 aromatic heterocycles. The van der Waals surface area contributed by atoms with Crippen molar-refractivity contribution in [3.05, 3.63) is 59.2 Å². The maximum Gasteiger partial charge on any atom is 0.323 e. The van der Waals surface area contributed by atoms with Gasteiger partial charge in [-0.2, -0.15) is 0 Å². The van der Waals surface area contributed by atoms with Crippen LogP contribution in [0.4, 0.5) is 0 Å². The number of benzene rings is 2. The van der Waals surface area contributed by atoms with E-state index in [-0.39, 0.29) is 5.97 Å². The SMILES string of the molecule is COc1cc2c(cc1OC)[C@H]1C[C@@H](COC(=O)[C@@H](N)Cc3ccccc3)[C@H](CC(C)C)CN1CC2. The van der Waals surface area contributed by atoms with Crippen LogP contribution in [0, 0.1) is 17.8 Å². The van der Waals surface area contributed by atoms with Crippen molar-refractivity contribution in [3.8, 4) is 11.5 Å². The maximum atomic E-state index is 12.8. The van der Waals surface area contributed by atoms with Gasteiger partial charge >= 0.3 is 5.97 Å². The van der Waals surface area contributed by atoms with Crippen molar-refractivity contribution >= 4 is 5.97 Å². The monoisotopic (exact) mass is 480 g/mol. The molecule has 4 rings (SSSR count). The summed E-state index contributed by atoms with van der Waals surface area (Å²) in [4.78, 5) is 15.4. The number of piperidine rings is 1. The van der Waals surface area contributed by atoms with Crippen molar-refractivity contribution < 1.29 is 19.0 Å². The zero-order valence-corrected chi connectivity index (χ0v) is 21.5. The minimum atomic E-state index is -0.645. The smallest absolute Gasteiger partial charge is 0.323 e. The van der Waals surface area contributed by atoms with Crippen LogP contribution in [0.2, 0.25) is 0 Å².